The highest BCUT2D eigenvalue weighted by Crippen LogP contribution is 1.93. The molecule has 6 nitrogen and oxygen atoms in total. The standard InChI is InChI=1S/C6H5NO2.C5H3N3/c8-6(9)5-1-3-7-4-2-5;6-3-5-1-2-7-4-8-5/h1-4H,(H,8,9);1-2,4H. The van der Waals surface area contributed by atoms with Crippen LogP contribution in [0.5, 0.6) is 0 Å². The van der Waals surface area contributed by atoms with Crippen molar-refractivity contribution in [1.82, 2.24) is 15.0 Å². The van der Waals surface area contributed by atoms with Gasteiger partial charge < -0.3 is 5.11 Å². The Hall–Kier alpha value is -2.81. The van der Waals surface area contributed by atoms with Crippen molar-refractivity contribution in [2.24, 2.45) is 0 Å². The molecule has 0 fully saturated rings. The van der Waals surface area contributed by atoms with Gasteiger partial charge in [0.2, 0.25) is 0 Å². The molecule has 2 heterocycles. The van der Waals surface area contributed by atoms with Crippen molar-refractivity contribution in [3.8, 4) is 6.07 Å². The molecule has 0 bridgehead atoms. The molecule has 1 N–H and O–H groups in total. The van der Waals surface area contributed by atoms with Gasteiger partial charge in [-0.25, -0.2) is 14.8 Å². The summed E-state index contributed by atoms with van der Waals surface area (Å²) >= 11 is 0. The van der Waals surface area contributed by atoms with Crippen molar-refractivity contribution in [1.29, 1.82) is 5.26 Å². The van der Waals surface area contributed by atoms with Gasteiger partial charge in [-0.2, -0.15) is 5.26 Å². The van der Waals surface area contributed by atoms with E-state index in [0.29, 0.717) is 5.69 Å². The zero-order chi connectivity index (χ0) is 12.5. The second kappa shape index (κ2) is 6.63. The lowest BCUT2D eigenvalue weighted by molar-refractivity contribution is 0.0696. The van der Waals surface area contributed by atoms with Crippen molar-refractivity contribution in [2.45, 2.75) is 0 Å². The van der Waals surface area contributed by atoms with Crippen molar-refractivity contribution >= 4 is 5.97 Å². The highest BCUT2D eigenvalue weighted by atomic mass is 16.4. The van der Waals surface area contributed by atoms with Gasteiger partial charge in [0.15, 0.2) is 0 Å². The lowest BCUT2D eigenvalue weighted by Gasteiger charge is -1.87. The summed E-state index contributed by atoms with van der Waals surface area (Å²) in [5, 5.41) is 16.6. The highest BCUT2D eigenvalue weighted by Gasteiger charge is 1.97. The van der Waals surface area contributed by atoms with Crippen LogP contribution in [0.1, 0.15) is 16.1 Å². The van der Waals surface area contributed by atoms with Crippen molar-refractivity contribution in [2.75, 3.05) is 0 Å². The fraction of sp³-hybridized carbons (Fsp3) is 0. The molecule has 0 amide bonds. The lowest BCUT2D eigenvalue weighted by Crippen LogP contribution is -1.94. The largest absolute Gasteiger partial charge is 0.478 e. The van der Waals surface area contributed by atoms with E-state index in [1.54, 1.807) is 6.07 Å². The van der Waals surface area contributed by atoms with Crippen LogP contribution < -0.4 is 0 Å². The number of carboxylic acids is 1. The molecule has 6 heteroatoms. The van der Waals surface area contributed by atoms with Gasteiger partial charge in [-0.1, -0.05) is 0 Å². The number of hydrogen-bond acceptors (Lipinski definition) is 5. The van der Waals surface area contributed by atoms with Crippen LogP contribution in [0, 0.1) is 11.3 Å². The summed E-state index contributed by atoms with van der Waals surface area (Å²) in [5.74, 6) is -0.919. The Morgan fingerprint density at radius 3 is 2.18 bits per heavy atom. The van der Waals surface area contributed by atoms with E-state index in [1.165, 1.54) is 37.1 Å². The molecule has 0 aliphatic rings. The monoisotopic (exact) mass is 228 g/mol. The number of carboxylic acid groups (broad SMARTS) is 1. The molecule has 2 aromatic heterocycles. The third kappa shape index (κ3) is 4.48. The zero-order valence-electron chi connectivity index (χ0n) is 8.69. The molecule has 0 aliphatic heterocycles. The minimum atomic E-state index is -0.919. The Labute approximate surface area is 97.2 Å². The average Bonchev–Trinajstić information content (AvgIpc) is 2.41. The van der Waals surface area contributed by atoms with Crippen LogP contribution in [-0.2, 0) is 0 Å². The predicted octanol–water partition coefficient (Wildman–Crippen LogP) is 1.13. The lowest BCUT2D eigenvalue weighted by atomic mass is 10.3. The Bertz CT molecular complexity index is 508. The van der Waals surface area contributed by atoms with E-state index in [4.69, 9.17) is 10.4 Å². The number of rotatable bonds is 1. The molecule has 0 radical (unpaired) electrons. The summed E-state index contributed by atoms with van der Waals surface area (Å²) in [6.45, 7) is 0. The maximum Gasteiger partial charge on any atom is 0.335 e. The van der Waals surface area contributed by atoms with Crippen molar-refractivity contribution < 1.29 is 9.90 Å². The molecule has 0 unspecified atom stereocenters. The fourth-order valence-electron chi connectivity index (χ4n) is 0.851. The molecule has 0 saturated carbocycles. The number of carbonyl (C=O) groups is 1. The molecule has 0 spiro atoms. The molecule has 2 rings (SSSR count). The van der Waals surface area contributed by atoms with Crippen molar-refractivity contribution in [3.63, 3.8) is 0 Å². The van der Waals surface area contributed by atoms with E-state index >= 15 is 0 Å². The summed E-state index contributed by atoms with van der Waals surface area (Å²) in [4.78, 5) is 21.1. The van der Waals surface area contributed by atoms with Crippen LogP contribution in [0.25, 0.3) is 0 Å². The van der Waals surface area contributed by atoms with Crippen LogP contribution in [0.4, 0.5) is 0 Å². The quantitative estimate of drug-likeness (QED) is 0.785. The summed E-state index contributed by atoms with van der Waals surface area (Å²) < 4.78 is 0. The first kappa shape index (κ1) is 12.3. The summed E-state index contributed by atoms with van der Waals surface area (Å²) in [5.41, 5.74) is 0.671. The molecule has 0 aromatic carbocycles. The molecule has 0 atom stereocenters. The van der Waals surface area contributed by atoms with Crippen LogP contribution in [0.15, 0.2) is 43.1 Å². The van der Waals surface area contributed by atoms with Gasteiger partial charge in [-0.3, -0.25) is 4.98 Å². The normalized spacial score (nSPS) is 8.41. The highest BCUT2D eigenvalue weighted by molar-refractivity contribution is 5.87. The van der Waals surface area contributed by atoms with E-state index in [0.717, 1.165) is 0 Å². The number of nitrogens with zero attached hydrogens (tertiary/aromatic N) is 4. The number of pyridine rings is 1. The topological polar surface area (TPSA) is 99.8 Å². The first-order valence-corrected chi connectivity index (χ1v) is 4.53. The van der Waals surface area contributed by atoms with Crippen molar-refractivity contribution in [3.05, 3.63) is 54.4 Å². The van der Waals surface area contributed by atoms with Crippen LogP contribution in [0.2, 0.25) is 0 Å². The van der Waals surface area contributed by atoms with Gasteiger partial charge in [-0.15, -0.1) is 0 Å². The third-order valence-corrected chi connectivity index (χ3v) is 1.62. The summed E-state index contributed by atoms with van der Waals surface area (Å²) in [7, 11) is 0. The van der Waals surface area contributed by atoms with E-state index in [2.05, 4.69) is 15.0 Å². The SMILES string of the molecule is N#Cc1ccncn1.O=C(O)c1ccncc1. The van der Waals surface area contributed by atoms with Crippen LogP contribution >= 0.6 is 0 Å². The predicted molar refractivity (Wildman–Crippen MR) is 57.9 cm³/mol. The van der Waals surface area contributed by atoms with Gasteiger partial charge in [0.1, 0.15) is 18.1 Å². The molecular formula is C11H8N4O2. The molecule has 2 aromatic rings. The minimum Gasteiger partial charge on any atom is -0.478 e. The Balaban J connectivity index is 0.000000171. The Morgan fingerprint density at radius 1 is 1.18 bits per heavy atom. The number of nitriles is 1. The van der Waals surface area contributed by atoms with Crippen LogP contribution in [-0.4, -0.2) is 26.0 Å². The third-order valence-electron chi connectivity index (χ3n) is 1.62. The minimum absolute atomic E-state index is 0.269. The maximum absolute atomic E-state index is 10.2. The fourth-order valence-corrected chi connectivity index (χ4v) is 0.851. The Morgan fingerprint density at radius 2 is 1.82 bits per heavy atom. The Kier molecular flexibility index (Phi) is 4.78. The van der Waals surface area contributed by atoms with E-state index in [-0.39, 0.29) is 5.56 Å². The molecule has 0 aliphatic carbocycles. The number of aromatic carboxylic acids is 1. The van der Waals surface area contributed by atoms with E-state index < -0.39 is 5.97 Å². The van der Waals surface area contributed by atoms with Gasteiger partial charge in [-0.05, 0) is 18.2 Å². The van der Waals surface area contributed by atoms with Gasteiger partial charge in [0.25, 0.3) is 0 Å². The van der Waals surface area contributed by atoms with Gasteiger partial charge in [0, 0.05) is 18.6 Å². The van der Waals surface area contributed by atoms with Gasteiger partial charge >= 0.3 is 5.97 Å². The molecule has 17 heavy (non-hydrogen) atoms. The van der Waals surface area contributed by atoms with Gasteiger partial charge in [0.05, 0.1) is 5.56 Å². The number of hydrogen-bond donors (Lipinski definition) is 1. The second-order valence-corrected chi connectivity index (χ2v) is 2.75. The first-order chi connectivity index (χ1) is 8.24. The first-order valence-electron chi connectivity index (χ1n) is 4.53. The maximum atomic E-state index is 10.2. The molecule has 0 saturated heterocycles. The summed E-state index contributed by atoms with van der Waals surface area (Å²) in [6, 6.07) is 6.32. The van der Waals surface area contributed by atoms with E-state index in [9.17, 15) is 4.79 Å². The smallest absolute Gasteiger partial charge is 0.335 e. The van der Waals surface area contributed by atoms with Crippen LogP contribution in [0.3, 0.4) is 0 Å². The molecular weight excluding hydrogens is 220 g/mol. The number of aromatic nitrogens is 3. The average molecular weight is 228 g/mol. The summed E-state index contributed by atoms with van der Waals surface area (Å²) in [6.07, 6.45) is 5.77. The molecule has 84 valence electrons. The van der Waals surface area contributed by atoms with E-state index in [1.807, 2.05) is 6.07 Å². The second-order valence-electron chi connectivity index (χ2n) is 2.75. The zero-order valence-corrected chi connectivity index (χ0v) is 8.69.